The number of benzene rings is 1. The van der Waals surface area contributed by atoms with Crippen LogP contribution in [0.25, 0.3) is 11.0 Å². The smallest absolute Gasteiger partial charge is 0.251 e. The van der Waals surface area contributed by atoms with Crippen LogP contribution in [0.15, 0.2) is 42.7 Å². The molecule has 1 N–H and O–H groups in total. The fourth-order valence-corrected chi connectivity index (χ4v) is 2.90. The normalized spacial score (nSPS) is 11.0. The zero-order valence-corrected chi connectivity index (χ0v) is 13.9. The lowest BCUT2D eigenvalue weighted by Gasteiger charge is -2.05. The number of nitrogens with one attached hydrogen (secondary N) is 1. The molecule has 6 heteroatoms. The number of pyridine rings is 1. The third-order valence-corrected chi connectivity index (χ3v) is 3.99. The Balaban J connectivity index is 1.69. The second-order valence-corrected chi connectivity index (χ2v) is 5.89. The number of amides is 1. The molecular formula is C19H19F2N3O. The first-order valence-electron chi connectivity index (χ1n) is 8.25. The molecule has 0 aliphatic heterocycles. The molecule has 2 aromatic heterocycles. The number of fused-ring (bicyclic) bond motifs is 1. The summed E-state index contributed by atoms with van der Waals surface area (Å²) in [4.78, 5) is 16.5. The number of rotatable bonds is 6. The van der Waals surface area contributed by atoms with Crippen LogP contribution in [0.3, 0.4) is 0 Å². The second kappa shape index (κ2) is 7.42. The second-order valence-electron chi connectivity index (χ2n) is 5.89. The van der Waals surface area contributed by atoms with Crippen molar-refractivity contribution < 1.29 is 13.6 Å². The highest BCUT2D eigenvalue weighted by Gasteiger charge is 2.11. The molecule has 25 heavy (non-hydrogen) atoms. The lowest BCUT2D eigenvalue weighted by Crippen LogP contribution is -2.25. The van der Waals surface area contributed by atoms with Crippen molar-refractivity contribution in [1.29, 1.82) is 0 Å². The summed E-state index contributed by atoms with van der Waals surface area (Å²) in [5.41, 5.74) is 1.99. The number of halogens is 2. The fourth-order valence-electron chi connectivity index (χ4n) is 2.90. The summed E-state index contributed by atoms with van der Waals surface area (Å²) in [6, 6.07) is 6.68. The molecule has 0 spiro atoms. The zero-order valence-electron chi connectivity index (χ0n) is 13.9. The maximum Gasteiger partial charge on any atom is 0.251 e. The van der Waals surface area contributed by atoms with Gasteiger partial charge in [-0.15, -0.1) is 0 Å². The van der Waals surface area contributed by atoms with Crippen LogP contribution < -0.4 is 5.32 Å². The van der Waals surface area contributed by atoms with Gasteiger partial charge in [0.1, 0.15) is 17.3 Å². The number of carbonyl (C=O) groups excluding carboxylic acids is 1. The quantitative estimate of drug-likeness (QED) is 0.742. The van der Waals surface area contributed by atoms with E-state index in [4.69, 9.17) is 0 Å². The number of carbonyl (C=O) groups is 1. The van der Waals surface area contributed by atoms with Crippen LogP contribution in [0, 0.1) is 11.6 Å². The summed E-state index contributed by atoms with van der Waals surface area (Å²) in [6.07, 6.45) is 5.43. The van der Waals surface area contributed by atoms with E-state index in [0.29, 0.717) is 13.0 Å². The van der Waals surface area contributed by atoms with Gasteiger partial charge in [0, 0.05) is 42.5 Å². The average molecular weight is 343 g/mol. The number of aromatic nitrogens is 2. The molecule has 1 amide bonds. The van der Waals surface area contributed by atoms with E-state index >= 15 is 0 Å². The van der Waals surface area contributed by atoms with Gasteiger partial charge in [-0.3, -0.25) is 4.79 Å². The molecule has 3 aromatic rings. The molecule has 0 radical (unpaired) electrons. The van der Waals surface area contributed by atoms with Crippen LogP contribution in [0.4, 0.5) is 8.78 Å². The minimum atomic E-state index is -0.765. The zero-order chi connectivity index (χ0) is 17.8. The van der Waals surface area contributed by atoms with Crippen molar-refractivity contribution in [3.63, 3.8) is 0 Å². The standard InChI is InChI=1S/C19H19F2N3O/c1-2-8-24-12-13(17-4-3-6-22-18(17)24)5-7-23-19(25)14-9-15(20)11-16(21)10-14/h3-4,6,9-12H,2,5,7-8H2,1H3,(H,23,25). The molecule has 0 saturated carbocycles. The van der Waals surface area contributed by atoms with E-state index in [1.54, 1.807) is 6.20 Å². The van der Waals surface area contributed by atoms with Gasteiger partial charge >= 0.3 is 0 Å². The van der Waals surface area contributed by atoms with Gasteiger partial charge in [0.15, 0.2) is 0 Å². The van der Waals surface area contributed by atoms with Crippen molar-refractivity contribution in [1.82, 2.24) is 14.9 Å². The molecule has 0 bridgehead atoms. The molecule has 130 valence electrons. The molecular weight excluding hydrogens is 324 g/mol. The summed E-state index contributed by atoms with van der Waals surface area (Å²) < 4.78 is 28.5. The third kappa shape index (κ3) is 3.84. The van der Waals surface area contributed by atoms with Crippen molar-refractivity contribution in [2.45, 2.75) is 26.3 Å². The Morgan fingerprint density at radius 1 is 1.24 bits per heavy atom. The minimum absolute atomic E-state index is 0.0208. The van der Waals surface area contributed by atoms with Crippen LogP contribution in [-0.2, 0) is 13.0 Å². The monoisotopic (exact) mass is 343 g/mol. The number of aryl methyl sites for hydroxylation is 1. The summed E-state index contributed by atoms with van der Waals surface area (Å²) in [6.45, 7) is 3.35. The van der Waals surface area contributed by atoms with Crippen molar-refractivity contribution in [3.8, 4) is 0 Å². The van der Waals surface area contributed by atoms with Crippen molar-refractivity contribution in [2.24, 2.45) is 0 Å². The summed E-state index contributed by atoms with van der Waals surface area (Å²) in [7, 11) is 0. The molecule has 0 aliphatic carbocycles. The van der Waals surface area contributed by atoms with Gasteiger partial charge in [0.05, 0.1) is 0 Å². The van der Waals surface area contributed by atoms with E-state index in [2.05, 4.69) is 28.0 Å². The van der Waals surface area contributed by atoms with E-state index in [1.807, 2.05) is 12.1 Å². The predicted octanol–water partition coefficient (Wildman–Crippen LogP) is 3.70. The highest BCUT2D eigenvalue weighted by molar-refractivity contribution is 5.94. The first-order chi connectivity index (χ1) is 12.1. The van der Waals surface area contributed by atoms with Crippen molar-refractivity contribution >= 4 is 16.9 Å². The molecule has 0 aliphatic rings. The van der Waals surface area contributed by atoms with Crippen molar-refractivity contribution in [2.75, 3.05) is 6.54 Å². The SMILES string of the molecule is CCCn1cc(CCNC(=O)c2cc(F)cc(F)c2)c2cccnc21. The molecule has 0 unspecified atom stereocenters. The van der Waals surface area contributed by atoms with Gasteiger partial charge in [0.25, 0.3) is 5.91 Å². The predicted molar refractivity (Wildman–Crippen MR) is 92.4 cm³/mol. The molecule has 0 atom stereocenters. The highest BCUT2D eigenvalue weighted by Crippen LogP contribution is 2.20. The Labute approximate surface area is 144 Å². The highest BCUT2D eigenvalue weighted by atomic mass is 19.1. The Morgan fingerprint density at radius 2 is 2.00 bits per heavy atom. The van der Waals surface area contributed by atoms with Gasteiger partial charge < -0.3 is 9.88 Å². The Morgan fingerprint density at radius 3 is 2.72 bits per heavy atom. The van der Waals surface area contributed by atoms with Crippen LogP contribution in [0.5, 0.6) is 0 Å². The topological polar surface area (TPSA) is 46.9 Å². The van der Waals surface area contributed by atoms with Gasteiger partial charge in [0.2, 0.25) is 0 Å². The number of hydrogen-bond acceptors (Lipinski definition) is 2. The average Bonchev–Trinajstić information content (AvgIpc) is 2.92. The van der Waals surface area contributed by atoms with Gasteiger partial charge in [-0.1, -0.05) is 6.92 Å². The third-order valence-electron chi connectivity index (χ3n) is 3.99. The first kappa shape index (κ1) is 17.1. The summed E-state index contributed by atoms with van der Waals surface area (Å²) in [5, 5.41) is 3.76. The van der Waals surface area contributed by atoms with E-state index in [1.165, 1.54) is 0 Å². The molecule has 4 nitrogen and oxygen atoms in total. The Bertz CT molecular complexity index is 885. The maximum absolute atomic E-state index is 13.2. The van der Waals surface area contributed by atoms with Crippen molar-refractivity contribution in [3.05, 3.63) is 65.5 Å². The molecule has 1 aromatic carbocycles. The molecule has 0 fully saturated rings. The molecule has 2 heterocycles. The first-order valence-corrected chi connectivity index (χ1v) is 8.25. The Hall–Kier alpha value is -2.76. The maximum atomic E-state index is 13.2. The summed E-state index contributed by atoms with van der Waals surface area (Å²) >= 11 is 0. The van der Waals surface area contributed by atoms with Crippen LogP contribution in [0.1, 0.15) is 29.3 Å². The van der Waals surface area contributed by atoms with Gasteiger partial charge in [-0.25, -0.2) is 13.8 Å². The number of nitrogens with zero attached hydrogens (tertiary/aromatic N) is 2. The summed E-state index contributed by atoms with van der Waals surface area (Å²) in [5.74, 6) is -2.02. The van der Waals surface area contributed by atoms with E-state index in [0.717, 1.165) is 47.8 Å². The fraction of sp³-hybridized carbons (Fsp3) is 0.263. The largest absolute Gasteiger partial charge is 0.352 e. The van der Waals surface area contributed by atoms with Gasteiger partial charge in [-0.05, 0) is 42.7 Å². The minimum Gasteiger partial charge on any atom is -0.352 e. The van der Waals surface area contributed by atoms with Crippen LogP contribution >= 0.6 is 0 Å². The lowest BCUT2D eigenvalue weighted by molar-refractivity contribution is 0.0953. The van der Waals surface area contributed by atoms with E-state index < -0.39 is 17.5 Å². The Kier molecular flexibility index (Phi) is 5.07. The molecule has 0 saturated heterocycles. The van der Waals surface area contributed by atoms with E-state index in [-0.39, 0.29) is 5.56 Å². The molecule has 3 rings (SSSR count). The van der Waals surface area contributed by atoms with Crippen LogP contribution in [0.2, 0.25) is 0 Å². The number of hydrogen-bond donors (Lipinski definition) is 1. The lowest BCUT2D eigenvalue weighted by atomic mass is 10.1. The van der Waals surface area contributed by atoms with E-state index in [9.17, 15) is 13.6 Å². The van der Waals surface area contributed by atoms with Gasteiger partial charge in [-0.2, -0.15) is 0 Å². The van der Waals surface area contributed by atoms with Crippen LogP contribution in [-0.4, -0.2) is 22.0 Å².